The molecule has 0 saturated heterocycles. The van der Waals surface area contributed by atoms with Gasteiger partial charge >= 0.3 is 6.18 Å². The number of ether oxygens (including phenoxy) is 1. The normalized spacial score (nSPS) is 20.8. The first-order chi connectivity index (χ1) is 12.3. The summed E-state index contributed by atoms with van der Waals surface area (Å²) in [7, 11) is 0. The summed E-state index contributed by atoms with van der Waals surface area (Å²) in [6.07, 6.45) is 1.08. The van der Waals surface area contributed by atoms with Crippen LogP contribution in [0.3, 0.4) is 0 Å². The summed E-state index contributed by atoms with van der Waals surface area (Å²) in [5.74, 6) is -1.89. The second kappa shape index (κ2) is 8.87. The number of benzene rings is 1. The second-order valence-corrected chi connectivity index (χ2v) is 7.03. The Labute approximate surface area is 151 Å². The molecule has 0 heterocycles. The molecule has 2 rings (SSSR count). The molecule has 1 saturated carbocycles. The summed E-state index contributed by atoms with van der Waals surface area (Å²) < 4.78 is 59.3. The fraction of sp³-hybridized carbons (Fsp3) is 0.650. The topological polar surface area (TPSA) is 26.3 Å². The maximum atomic E-state index is 14.3. The van der Waals surface area contributed by atoms with Gasteiger partial charge in [0.15, 0.2) is 17.3 Å². The number of carbonyl (C=O) groups excluding carboxylic acids is 1. The van der Waals surface area contributed by atoms with E-state index in [4.69, 9.17) is 4.74 Å². The molecule has 0 amide bonds. The Morgan fingerprint density at radius 1 is 1.12 bits per heavy atom. The Morgan fingerprint density at radius 2 is 1.73 bits per heavy atom. The quantitative estimate of drug-likeness (QED) is 0.406. The number of halogens is 4. The van der Waals surface area contributed by atoms with Gasteiger partial charge in [-0.3, -0.25) is 4.79 Å². The lowest BCUT2D eigenvalue weighted by molar-refractivity contribution is -0.140. The monoisotopic (exact) mass is 374 g/mol. The Kier molecular flexibility index (Phi) is 7.07. The van der Waals surface area contributed by atoms with Gasteiger partial charge in [0, 0.05) is 12.0 Å². The molecular formula is C20H26F4O2. The molecule has 0 N–H and O–H groups in total. The molecule has 0 spiro atoms. The van der Waals surface area contributed by atoms with E-state index in [-0.39, 0.29) is 18.9 Å². The van der Waals surface area contributed by atoms with E-state index in [1.54, 1.807) is 6.92 Å². The Hall–Kier alpha value is -1.59. The van der Waals surface area contributed by atoms with Gasteiger partial charge in [-0.05, 0) is 43.7 Å². The van der Waals surface area contributed by atoms with E-state index in [0.717, 1.165) is 50.7 Å². The van der Waals surface area contributed by atoms with Crippen LogP contribution in [-0.2, 0) is 6.18 Å². The zero-order chi connectivity index (χ0) is 19.3. The molecule has 0 atom stereocenters. The highest BCUT2D eigenvalue weighted by atomic mass is 19.4. The molecule has 1 aliphatic rings. The number of carbonyl (C=O) groups is 1. The SMILES string of the molecule is CCCC1CCC(CC(=O)c2ccc(OCC)c(F)c2C(F)(F)F)CC1. The highest BCUT2D eigenvalue weighted by Gasteiger charge is 2.40. The van der Waals surface area contributed by atoms with Gasteiger partial charge in [-0.25, -0.2) is 4.39 Å². The van der Waals surface area contributed by atoms with E-state index in [1.807, 2.05) is 0 Å². The van der Waals surface area contributed by atoms with Gasteiger partial charge < -0.3 is 4.74 Å². The van der Waals surface area contributed by atoms with Crippen molar-refractivity contribution in [3.05, 3.63) is 29.1 Å². The third-order valence-electron chi connectivity index (χ3n) is 5.13. The zero-order valence-electron chi connectivity index (χ0n) is 15.3. The van der Waals surface area contributed by atoms with Crippen molar-refractivity contribution in [1.82, 2.24) is 0 Å². The molecule has 0 bridgehead atoms. The van der Waals surface area contributed by atoms with Crippen LogP contribution in [0.2, 0.25) is 0 Å². The predicted molar refractivity (Wildman–Crippen MR) is 91.9 cm³/mol. The average Bonchev–Trinajstić information content (AvgIpc) is 2.57. The summed E-state index contributed by atoms with van der Waals surface area (Å²) in [6.45, 7) is 3.73. The minimum atomic E-state index is -4.94. The fourth-order valence-electron chi connectivity index (χ4n) is 3.84. The number of hydrogen-bond acceptors (Lipinski definition) is 2. The third-order valence-corrected chi connectivity index (χ3v) is 5.13. The zero-order valence-corrected chi connectivity index (χ0v) is 15.3. The van der Waals surface area contributed by atoms with Crippen LogP contribution in [0.5, 0.6) is 5.75 Å². The van der Waals surface area contributed by atoms with Gasteiger partial charge in [0.1, 0.15) is 5.56 Å². The molecule has 2 nitrogen and oxygen atoms in total. The standard InChI is InChI=1S/C20H26F4O2/c1-3-5-13-6-8-14(9-7-13)12-16(25)15-10-11-17(26-4-2)19(21)18(15)20(22,23)24/h10-11,13-14H,3-9,12H2,1-2H3. The Morgan fingerprint density at radius 3 is 2.27 bits per heavy atom. The fourth-order valence-corrected chi connectivity index (χ4v) is 3.84. The summed E-state index contributed by atoms with van der Waals surface area (Å²) in [5, 5.41) is 0. The van der Waals surface area contributed by atoms with Crippen molar-refractivity contribution >= 4 is 5.78 Å². The number of ketones is 1. The molecule has 0 radical (unpaired) electrons. The van der Waals surface area contributed by atoms with E-state index < -0.39 is 34.7 Å². The van der Waals surface area contributed by atoms with Gasteiger partial charge in [0.2, 0.25) is 0 Å². The summed E-state index contributed by atoms with van der Waals surface area (Å²) >= 11 is 0. The molecule has 1 aromatic carbocycles. The van der Waals surface area contributed by atoms with Crippen LogP contribution in [-0.4, -0.2) is 12.4 Å². The minimum Gasteiger partial charge on any atom is -0.491 e. The van der Waals surface area contributed by atoms with Crippen LogP contribution < -0.4 is 4.74 Å². The molecule has 1 aromatic rings. The largest absolute Gasteiger partial charge is 0.491 e. The lowest BCUT2D eigenvalue weighted by Gasteiger charge is -2.28. The molecule has 1 fully saturated rings. The Balaban J connectivity index is 2.17. The van der Waals surface area contributed by atoms with E-state index in [9.17, 15) is 22.4 Å². The van der Waals surface area contributed by atoms with Crippen LogP contribution >= 0.6 is 0 Å². The number of rotatable bonds is 7. The van der Waals surface area contributed by atoms with Gasteiger partial charge in [0.05, 0.1) is 6.61 Å². The van der Waals surface area contributed by atoms with Gasteiger partial charge in [0.25, 0.3) is 0 Å². The Bertz CT molecular complexity index is 617. The summed E-state index contributed by atoms with van der Waals surface area (Å²) in [4.78, 5) is 12.5. The summed E-state index contributed by atoms with van der Waals surface area (Å²) in [5.41, 5.74) is -2.10. The first-order valence-electron chi connectivity index (χ1n) is 9.33. The van der Waals surface area contributed by atoms with Gasteiger partial charge in [-0.1, -0.05) is 32.6 Å². The van der Waals surface area contributed by atoms with Crippen molar-refractivity contribution in [2.24, 2.45) is 11.8 Å². The van der Waals surface area contributed by atoms with Crippen LogP contribution in [0.25, 0.3) is 0 Å². The molecule has 26 heavy (non-hydrogen) atoms. The molecule has 0 unspecified atom stereocenters. The van der Waals surface area contributed by atoms with Crippen molar-refractivity contribution in [2.45, 2.75) is 65.0 Å². The number of Topliss-reactive ketones (excluding diaryl/α,β-unsaturated/α-hetero) is 1. The van der Waals surface area contributed by atoms with Crippen LogP contribution in [0.15, 0.2) is 12.1 Å². The van der Waals surface area contributed by atoms with Crippen LogP contribution in [0.4, 0.5) is 17.6 Å². The minimum absolute atomic E-state index is 0.0371. The van der Waals surface area contributed by atoms with Crippen molar-refractivity contribution < 1.29 is 27.1 Å². The number of hydrogen-bond donors (Lipinski definition) is 0. The van der Waals surface area contributed by atoms with E-state index in [1.165, 1.54) is 0 Å². The molecule has 0 aliphatic heterocycles. The molecule has 146 valence electrons. The van der Waals surface area contributed by atoms with Crippen LogP contribution in [0, 0.1) is 17.7 Å². The van der Waals surface area contributed by atoms with Crippen molar-refractivity contribution in [1.29, 1.82) is 0 Å². The number of alkyl halides is 3. The van der Waals surface area contributed by atoms with E-state index in [2.05, 4.69) is 6.92 Å². The maximum Gasteiger partial charge on any atom is 0.420 e. The lowest BCUT2D eigenvalue weighted by Crippen LogP contribution is -2.21. The van der Waals surface area contributed by atoms with Gasteiger partial charge in [-0.15, -0.1) is 0 Å². The first-order valence-corrected chi connectivity index (χ1v) is 9.33. The molecular weight excluding hydrogens is 348 g/mol. The third kappa shape index (κ3) is 4.98. The van der Waals surface area contributed by atoms with Crippen LogP contribution in [0.1, 0.15) is 74.7 Å². The molecule has 0 aromatic heterocycles. The average molecular weight is 374 g/mol. The molecule has 6 heteroatoms. The maximum absolute atomic E-state index is 14.3. The first kappa shape index (κ1) is 20.7. The van der Waals surface area contributed by atoms with E-state index >= 15 is 0 Å². The smallest absolute Gasteiger partial charge is 0.420 e. The highest BCUT2D eigenvalue weighted by molar-refractivity contribution is 5.98. The van der Waals surface area contributed by atoms with E-state index in [0.29, 0.717) is 5.92 Å². The van der Waals surface area contributed by atoms with Crippen molar-refractivity contribution in [3.63, 3.8) is 0 Å². The predicted octanol–water partition coefficient (Wildman–Crippen LogP) is 6.42. The summed E-state index contributed by atoms with van der Waals surface area (Å²) in [6, 6.07) is 2.15. The second-order valence-electron chi connectivity index (χ2n) is 7.03. The van der Waals surface area contributed by atoms with Gasteiger partial charge in [-0.2, -0.15) is 13.2 Å². The lowest BCUT2D eigenvalue weighted by atomic mass is 9.77. The van der Waals surface area contributed by atoms with Crippen molar-refractivity contribution in [3.8, 4) is 5.75 Å². The molecule has 1 aliphatic carbocycles. The van der Waals surface area contributed by atoms with Crippen molar-refractivity contribution in [2.75, 3.05) is 6.61 Å². The highest BCUT2D eigenvalue weighted by Crippen LogP contribution is 2.39.